The van der Waals surface area contributed by atoms with Gasteiger partial charge >= 0.3 is 0 Å². The molecular formula is C6H6I2N2. The second-order valence-electron chi connectivity index (χ2n) is 1.75. The van der Waals surface area contributed by atoms with Crippen LogP contribution >= 0.6 is 45.2 Å². The lowest BCUT2D eigenvalue weighted by atomic mass is 10.3. The van der Waals surface area contributed by atoms with Gasteiger partial charge in [0.25, 0.3) is 0 Å². The fraction of sp³-hybridized carbons (Fsp3) is 0. The summed E-state index contributed by atoms with van der Waals surface area (Å²) in [7, 11) is 0. The van der Waals surface area contributed by atoms with Crippen molar-refractivity contribution in [1.29, 1.82) is 0 Å². The van der Waals surface area contributed by atoms with Crippen molar-refractivity contribution in [3.05, 3.63) is 25.3 Å². The van der Waals surface area contributed by atoms with E-state index < -0.39 is 0 Å². The molecule has 0 aliphatic carbocycles. The Balaban J connectivity index is 3.14. The molecule has 0 atom stereocenters. The Morgan fingerprint density at radius 1 is 1.30 bits per heavy atom. The van der Waals surface area contributed by atoms with Gasteiger partial charge in [0.05, 0.1) is 9.26 Å². The Kier molecular flexibility index (Phi) is 3.18. The van der Waals surface area contributed by atoms with Gasteiger partial charge in [-0.3, -0.25) is 5.84 Å². The van der Waals surface area contributed by atoms with Crippen molar-refractivity contribution in [2.45, 2.75) is 0 Å². The fourth-order valence-electron chi connectivity index (χ4n) is 0.615. The van der Waals surface area contributed by atoms with Gasteiger partial charge in [-0.2, -0.15) is 0 Å². The molecular weight excluding hydrogens is 354 g/mol. The van der Waals surface area contributed by atoms with Gasteiger partial charge in [-0.25, -0.2) is 0 Å². The maximum Gasteiger partial charge on any atom is 0.0629 e. The lowest BCUT2D eigenvalue weighted by molar-refractivity contribution is 1.33. The SMILES string of the molecule is NNc1cccc(I)c1I. The highest BCUT2D eigenvalue weighted by atomic mass is 127. The third-order valence-corrected chi connectivity index (χ3v) is 4.20. The van der Waals surface area contributed by atoms with Gasteiger partial charge in [0, 0.05) is 3.57 Å². The lowest BCUT2D eigenvalue weighted by Gasteiger charge is -2.03. The van der Waals surface area contributed by atoms with Crippen molar-refractivity contribution in [3.63, 3.8) is 0 Å². The van der Waals surface area contributed by atoms with Gasteiger partial charge in [0.1, 0.15) is 0 Å². The van der Waals surface area contributed by atoms with Crippen LogP contribution in [0.25, 0.3) is 0 Å². The van der Waals surface area contributed by atoms with Crippen LogP contribution in [0.4, 0.5) is 5.69 Å². The number of hydrazine groups is 1. The van der Waals surface area contributed by atoms with Gasteiger partial charge < -0.3 is 5.43 Å². The van der Waals surface area contributed by atoms with Gasteiger partial charge in [-0.1, -0.05) is 6.07 Å². The zero-order valence-electron chi connectivity index (χ0n) is 5.07. The summed E-state index contributed by atoms with van der Waals surface area (Å²) in [6.07, 6.45) is 0. The van der Waals surface area contributed by atoms with Crippen LogP contribution in [0.1, 0.15) is 0 Å². The van der Waals surface area contributed by atoms with Gasteiger partial charge in [0.15, 0.2) is 0 Å². The molecule has 0 aliphatic heterocycles. The second kappa shape index (κ2) is 3.72. The van der Waals surface area contributed by atoms with Crippen LogP contribution in [0.2, 0.25) is 0 Å². The number of halogens is 2. The molecule has 10 heavy (non-hydrogen) atoms. The summed E-state index contributed by atoms with van der Waals surface area (Å²) in [6.45, 7) is 0. The number of anilines is 1. The van der Waals surface area contributed by atoms with E-state index in [0.29, 0.717) is 0 Å². The third kappa shape index (κ3) is 1.73. The number of hydrogen-bond acceptors (Lipinski definition) is 2. The van der Waals surface area contributed by atoms with Crippen LogP contribution in [0, 0.1) is 7.14 Å². The minimum absolute atomic E-state index is 0.979. The first-order chi connectivity index (χ1) is 4.75. The Morgan fingerprint density at radius 2 is 2.00 bits per heavy atom. The first kappa shape index (κ1) is 8.54. The van der Waals surface area contributed by atoms with E-state index in [1.165, 1.54) is 7.14 Å². The van der Waals surface area contributed by atoms with Crippen LogP contribution in [0.15, 0.2) is 18.2 Å². The Labute approximate surface area is 86.8 Å². The molecule has 0 radical (unpaired) electrons. The van der Waals surface area contributed by atoms with Crippen molar-refractivity contribution in [3.8, 4) is 0 Å². The normalized spacial score (nSPS) is 9.50. The number of nitrogen functional groups attached to an aromatic ring is 1. The molecule has 0 bridgehead atoms. The lowest BCUT2D eigenvalue weighted by Crippen LogP contribution is -2.08. The quantitative estimate of drug-likeness (QED) is 0.458. The summed E-state index contributed by atoms with van der Waals surface area (Å²) in [5.41, 5.74) is 3.60. The maximum atomic E-state index is 5.26. The highest BCUT2D eigenvalue weighted by Crippen LogP contribution is 2.22. The third-order valence-electron chi connectivity index (χ3n) is 1.11. The molecule has 1 aromatic carbocycles. The average molecular weight is 360 g/mol. The number of hydrogen-bond donors (Lipinski definition) is 2. The molecule has 1 rings (SSSR count). The predicted octanol–water partition coefficient (Wildman–Crippen LogP) is 2.18. The van der Waals surface area contributed by atoms with Crippen molar-refractivity contribution in [1.82, 2.24) is 0 Å². The zero-order chi connectivity index (χ0) is 7.56. The molecule has 0 saturated heterocycles. The molecule has 2 nitrogen and oxygen atoms in total. The summed E-state index contributed by atoms with van der Waals surface area (Å²) in [4.78, 5) is 0. The zero-order valence-corrected chi connectivity index (χ0v) is 9.38. The molecule has 54 valence electrons. The van der Waals surface area contributed by atoms with E-state index in [1.807, 2.05) is 18.2 Å². The standard InChI is InChI=1S/C6H6I2N2/c7-4-2-1-3-5(10-9)6(4)8/h1-3,10H,9H2. The van der Waals surface area contributed by atoms with Crippen molar-refractivity contribution in [2.75, 3.05) is 5.43 Å². The van der Waals surface area contributed by atoms with E-state index in [-0.39, 0.29) is 0 Å². The Morgan fingerprint density at radius 3 is 2.50 bits per heavy atom. The minimum Gasteiger partial charge on any atom is -0.323 e. The Bertz CT molecular complexity index is 237. The summed E-state index contributed by atoms with van der Waals surface area (Å²) in [5, 5.41) is 0. The molecule has 0 saturated carbocycles. The number of nitrogens with two attached hydrogens (primary N) is 1. The summed E-state index contributed by atoms with van der Waals surface area (Å²) in [6, 6.07) is 5.96. The largest absolute Gasteiger partial charge is 0.323 e. The monoisotopic (exact) mass is 360 g/mol. The molecule has 3 N–H and O–H groups in total. The highest BCUT2D eigenvalue weighted by molar-refractivity contribution is 14.1. The van der Waals surface area contributed by atoms with E-state index in [4.69, 9.17) is 5.84 Å². The molecule has 0 heterocycles. The molecule has 0 fully saturated rings. The van der Waals surface area contributed by atoms with E-state index in [2.05, 4.69) is 50.6 Å². The average Bonchev–Trinajstić information content (AvgIpc) is 1.95. The summed E-state index contributed by atoms with van der Waals surface area (Å²) >= 11 is 4.53. The topological polar surface area (TPSA) is 38.0 Å². The van der Waals surface area contributed by atoms with Crippen LogP contribution < -0.4 is 11.3 Å². The van der Waals surface area contributed by atoms with Crippen LogP contribution in [-0.4, -0.2) is 0 Å². The highest BCUT2D eigenvalue weighted by Gasteiger charge is 1.99. The van der Waals surface area contributed by atoms with Crippen LogP contribution in [0.3, 0.4) is 0 Å². The van der Waals surface area contributed by atoms with Crippen LogP contribution in [0.5, 0.6) is 0 Å². The minimum atomic E-state index is 0.979. The second-order valence-corrected chi connectivity index (χ2v) is 3.99. The first-order valence-corrected chi connectivity index (χ1v) is 4.82. The molecule has 1 aromatic rings. The predicted molar refractivity (Wildman–Crippen MR) is 59.7 cm³/mol. The fourth-order valence-corrected chi connectivity index (χ4v) is 1.63. The summed E-state index contributed by atoms with van der Waals surface area (Å²) in [5.74, 6) is 5.26. The number of benzene rings is 1. The van der Waals surface area contributed by atoms with E-state index in [9.17, 15) is 0 Å². The van der Waals surface area contributed by atoms with Crippen LogP contribution in [-0.2, 0) is 0 Å². The Hall–Kier alpha value is 0.440. The van der Waals surface area contributed by atoms with Gasteiger partial charge in [0.2, 0.25) is 0 Å². The van der Waals surface area contributed by atoms with Gasteiger partial charge in [-0.15, -0.1) is 0 Å². The number of nitrogens with one attached hydrogen (secondary N) is 1. The number of rotatable bonds is 1. The molecule has 0 aromatic heterocycles. The first-order valence-electron chi connectivity index (χ1n) is 2.66. The van der Waals surface area contributed by atoms with Gasteiger partial charge in [-0.05, 0) is 57.3 Å². The maximum absolute atomic E-state index is 5.26. The molecule has 0 aliphatic rings. The van der Waals surface area contributed by atoms with E-state index in [1.54, 1.807) is 0 Å². The van der Waals surface area contributed by atoms with Crippen molar-refractivity contribution >= 4 is 50.9 Å². The molecule has 0 spiro atoms. The van der Waals surface area contributed by atoms with E-state index >= 15 is 0 Å². The smallest absolute Gasteiger partial charge is 0.0629 e. The van der Waals surface area contributed by atoms with E-state index in [0.717, 1.165) is 5.69 Å². The van der Waals surface area contributed by atoms with Crippen molar-refractivity contribution in [2.24, 2.45) is 5.84 Å². The summed E-state index contributed by atoms with van der Waals surface area (Å²) < 4.78 is 2.39. The molecule has 0 unspecified atom stereocenters. The van der Waals surface area contributed by atoms with Crippen molar-refractivity contribution < 1.29 is 0 Å². The molecule has 4 heteroatoms. The molecule has 0 amide bonds.